The second-order valence-corrected chi connectivity index (χ2v) is 17.6. The van der Waals surface area contributed by atoms with Crippen LogP contribution in [0.15, 0.2) is 72.9 Å². The van der Waals surface area contributed by atoms with Gasteiger partial charge in [-0.25, -0.2) is 0 Å². The summed E-state index contributed by atoms with van der Waals surface area (Å²) in [4.78, 5) is 4.85. The Bertz CT molecular complexity index is 1490. The lowest BCUT2D eigenvalue weighted by molar-refractivity contribution is 0.411. The summed E-state index contributed by atoms with van der Waals surface area (Å²) in [5, 5.41) is 5.67. The van der Waals surface area contributed by atoms with Gasteiger partial charge in [0.25, 0.3) is 0 Å². The van der Waals surface area contributed by atoms with Crippen LogP contribution in [0.5, 0.6) is 0 Å². The number of aromatic nitrogens is 1. The minimum atomic E-state index is -1.79. The molecule has 2 heterocycles. The van der Waals surface area contributed by atoms with E-state index >= 15 is 0 Å². The van der Waals surface area contributed by atoms with Crippen LogP contribution in [0.2, 0.25) is 13.1 Å². The number of pyridine rings is 1. The molecule has 0 N–H and O–H groups in total. The third-order valence-corrected chi connectivity index (χ3v) is 11.1. The van der Waals surface area contributed by atoms with Crippen molar-refractivity contribution in [2.24, 2.45) is 5.41 Å². The molecule has 0 atom stereocenters. The quantitative estimate of drug-likeness (QED) is 0.262. The Morgan fingerprint density at radius 1 is 0.778 bits per heavy atom. The van der Waals surface area contributed by atoms with E-state index in [9.17, 15) is 0 Å². The Balaban J connectivity index is 1.59. The zero-order chi connectivity index (χ0) is 25.9. The van der Waals surface area contributed by atoms with E-state index in [0.29, 0.717) is 0 Å². The van der Waals surface area contributed by atoms with Crippen molar-refractivity contribution in [1.29, 1.82) is 0 Å². The second kappa shape index (κ2) is 8.56. The maximum Gasteiger partial charge on any atom is 0.113 e. The van der Waals surface area contributed by atoms with Gasteiger partial charge in [-0.3, -0.25) is 4.98 Å². The topological polar surface area (TPSA) is 12.9 Å². The Kier molecular flexibility index (Phi) is 5.87. The highest BCUT2D eigenvalue weighted by Gasteiger charge is 2.36. The number of benzene rings is 3. The summed E-state index contributed by atoms with van der Waals surface area (Å²) in [5.41, 5.74) is 8.14. The highest BCUT2D eigenvalue weighted by atomic mass is 28.3. The molecule has 5 rings (SSSR count). The molecule has 184 valence electrons. The lowest BCUT2D eigenvalue weighted by Crippen LogP contribution is -2.40. The first-order valence-corrected chi connectivity index (χ1v) is 16.2. The maximum absolute atomic E-state index is 4.85. The molecule has 1 aromatic heterocycles. The summed E-state index contributed by atoms with van der Waals surface area (Å²) in [7, 11) is -1.79. The van der Waals surface area contributed by atoms with Gasteiger partial charge in [0, 0.05) is 11.8 Å². The van der Waals surface area contributed by atoms with Crippen LogP contribution in [0, 0.1) is 5.41 Å². The van der Waals surface area contributed by atoms with Crippen molar-refractivity contribution in [1.82, 2.24) is 4.98 Å². The van der Waals surface area contributed by atoms with Crippen LogP contribution >= 0.6 is 0 Å². The van der Waals surface area contributed by atoms with Crippen molar-refractivity contribution >= 4 is 35.3 Å². The van der Waals surface area contributed by atoms with Gasteiger partial charge >= 0.3 is 0 Å². The SMILES string of the molecule is CC(C)(C)Cc1ccc2c(c1)C=C(c1ccnc(-c3cc(C(C)(C)C)c4ccccc4c3)c1)[Si]2(C)C. The second-order valence-electron chi connectivity index (χ2n) is 13.3. The van der Waals surface area contributed by atoms with Crippen LogP contribution in [-0.4, -0.2) is 13.1 Å². The zero-order valence-electron chi connectivity index (χ0n) is 23.2. The van der Waals surface area contributed by atoms with Gasteiger partial charge in [0.15, 0.2) is 0 Å². The first kappa shape index (κ1) is 24.7. The summed E-state index contributed by atoms with van der Waals surface area (Å²) < 4.78 is 0. The molecule has 0 amide bonds. The third kappa shape index (κ3) is 4.59. The molecule has 0 saturated carbocycles. The maximum atomic E-state index is 4.85. The molecule has 0 unspecified atom stereocenters. The molecule has 0 saturated heterocycles. The summed E-state index contributed by atoms with van der Waals surface area (Å²) in [5.74, 6) is 0. The van der Waals surface area contributed by atoms with Gasteiger partial charge in [0.2, 0.25) is 0 Å². The fraction of sp³-hybridized carbons (Fsp3) is 0.324. The van der Waals surface area contributed by atoms with Gasteiger partial charge < -0.3 is 0 Å². The van der Waals surface area contributed by atoms with E-state index in [1.807, 2.05) is 6.20 Å². The number of fused-ring (bicyclic) bond motifs is 2. The summed E-state index contributed by atoms with van der Waals surface area (Å²) in [6.07, 6.45) is 5.56. The van der Waals surface area contributed by atoms with E-state index in [2.05, 4.69) is 127 Å². The largest absolute Gasteiger partial charge is 0.256 e. The fourth-order valence-corrected chi connectivity index (χ4v) is 8.83. The van der Waals surface area contributed by atoms with Crippen molar-refractivity contribution < 1.29 is 0 Å². The molecule has 0 bridgehead atoms. The molecule has 3 aromatic carbocycles. The van der Waals surface area contributed by atoms with Crippen molar-refractivity contribution in [3.63, 3.8) is 0 Å². The molecule has 1 aliphatic heterocycles. The minimum absolute atomic E-state index is 0.0581. The molecular formula is C34H39NSi. The summed E-state index contributed by atoms with van der Waals surface area (Å²) in [6.45, 7) is 18.8. The van der Waals surface area contributed by atoms with Crippen molar-refractivity contribution in [3.8, 4) is 11.3 Å². The monoisotopic (exact) mass is 489 g/mol. The smallest absolute Gasteiger partial charge is 0.113 e. The van der Waals surface area contributed by atoms with E-state index in [0.717, 1.165) is 12.1 Å². The van der Waals surface area contributed by atoms with Crippen molar-refractivity contribution in [2.75, 3.05) is 0 Å². The lowest BCUT2D eigenvalue weighted by Gasteiger charge is -2.24. The predicted octanol–water partition coefficient (Wildman–Crippen LogP) is 8.80. The van der Waals surface area contributed by atoms with Crippen molar-refractivity contribution in [2.45, 2.75) is 66.5 Å². The van der Waals surface area contributed by atoms with Gasteiger partial charge in [-0.15, -0.1) is 0 Å². The van der Waals surface area contributed by atoms with Gasteiger partial charge in [-0.05, 0) is 84.9 Å². The first-order valence-electron chi connectivity index (χ1n) is 13.2. The molecular weight excluding hydrogens is 450 g/mol. The minimum Gasteiger partial charge on any atom is -0.256 e. The first-order chi connectivity index (χ1) is 16.8. The highest BCUT2D eigenvalue weighted by Crippen LogP contribution is 2.38. The van der Waals surface area contributed by atoms with Gasteiger partial charge in [0.1, 0.15) is 8.07 Å². The number of rotatable bonds is 3. The van der Waals surface area contributed by atoms with Gasteiger partial charge in [-0.1, -0.05) is 103 Å². The van der Waals surface area contributed by atoms with Crippen LogP contribution in [0.1, 0.15) is 63.8 Å². The molecule has 2 heteroatoms. The van der Waals surface area contributed by atoms with E-state index < -0.39 is 8.07 Å². The Labute approximate surface area is 218 Å². The van der Waals surface area contributed by atoms with Crippen molar-refractivity contribution in [3.05, 3.63) is 95.2 Å². The molecule has 0 aliphatic carbocycles. The van der Waals surface area contributed by atoms with E-state index in [-0.39, 0.29) is 10.8 Å². The standard InChI is InChI=1S/C34H39NSi/c1-33(2,3)22-23-13-14-31-27(17-23)21-32(36(31,7)8)25-15-16-35-30(20-25)26-18-24-11-9-10-12-28(24)29(19-26)34(4,5)6/h9-21H,22H2,1-8H3. The molecule has 0 radical (unpaired) electrons. The molecule has 0 spiro atoms. The highest BCUT2D eigenvalue weighted by molar-refractivity contribution is 7.07. The van der Waals surface area contributed by atoms with Crippen LogP contribution < -0.4 is 5.19 Å². The van der Waals surface area contributed by atoms with Crippen LogP contribution in [0.4, 0.5) is 0 Å². The molecule has 1 nitrogen and oxygen atoms in total. The number of nitrogens with zero attached hydrogens (tertiary/aromatic N) is 1. The van der Waals surface area contributed by atoms with E-state index in [1.54, 1.807) is 5.19 Å². The average molecular weight is 490 g/mol. The summed E-state index contributed by atoms with van der Waals surface area (Å²) in [6, 6.07) is 25.1. The van der Waals surface area contributed by atoms with Gasteiger partial charge in [-0.2, -0.15) is 0 Å². The third-order valence-electron chi connectivity index (χ3n) is 7.53. The molecule has 0 fully saturated rings. The average Bonchev–Trinajstić information content (AvgIpc) is 3.06. The van der Waals surface area contributed by atoms with Crippen LogP contribution in [0.3, 0.4) is 0 Å². The lowest BCUT2D eigenvalue weighted by atomic mass is 9.82. The summed E-state index contributed by atoms with van der Waals surface area (Å²) >= 11 is 0. The molecule has 1 aliphatic rings. The zero-order valence-corrected chi connectivity index (χ0v) is 24.2. The van der Waals surface area contributed by atoms with E-state index in [1.165, 1.54) is 43.8 Å². The number of hydrogen-bond acceptors (Lipinski definition) is 1. The molecule has 36 heavy (non-hydrogen) atoms. The Morgan fingerprint density at radius 2 is 1.53 bits per heavy atom. The fourth-order valence-electron chi connectivity index (χ4n) is 5.78. The Morgan fingerprint density at radius 3 is 2.25 bits per heavy atom. The normalized spacial score (nSPS) is 15.2. The number of hydrogen-bond donors (Lipinski definition) is 0. The molecule has 4 aromatic rings. The van der Waals surface area contributed by atoms with Crippen LogP contribution in [-0.2, 0) is 11.8 Å². The van der Waals surface area contributed by atoms with Gasteiger partial charge in [0.05, 0.1) is 5.69 Å². The van der Waals surface area contributed by atoms with E-state index in [4.69, 9.17) is 4.98 Å². The Hall–Kier alpha value is -2.97. The predicted molar refractivity (Wildman–Crippen MR) is 160 cm³/mol. The van der Waals surface area contributed by atoms with Crippen LogP contribution in [0.25, 0.3) is 33.3 Å².